The van der Waals surface area contributed by atoms with E-state index in [2.05, 4.69) is 17.1 Å². The maximum Gasteiger partial charge on any atom is 0.153 e. The Morgan fingerprint density at radius 2 is 1.88 bits per heavy atom. The molecule has 6 heteroatoms. The smallest absolute Gasteiger partial charge is 0.153 e. The van der Waals surface area contributed by atoms with Crippen LogP contribution < -0.4 is 19.9 Å². The summed E-state index contributed by atoms with van der Waals surface area (Å²) in [6.07, 6.45) is 7.46. The van der Waals surface area contributed by atoms with E-state index in [4.69, 9.17) is 4.74 Å². The minimum Gasteiger partial charge on any atom is -0.494 e. The fourth-order valence-electron chi connectivity index (χ4n) is 4.95. The van der Waals surface area contributed by atoms with E-state index in [0.717, 1.165) is 43.7 Å². The Bertz CT molecular complexity index is 885. The van der Waals surface area contributed by atoms with Crippen molar-refractivity contribution in [3.8, 4) is 5.75 Å². The Morgan fingerprint density at radius 1 is 1.12 bits per heavy atom. The molecule has 1 aliphatic heterocycles. The second-order valence-electron chi connectivity index (χ2n) is 9.47. The molecule has 2 atom stereocenters. The first-order valence-electron chi connectivity index (χ1n) is 12.5. The lowest BCUT2D eigenvalue weighted by atomic mass is 10.1. The van der Waals surface area contributed by atoms with Gasteiger partial charge in [0, 0.05) is 43.5 Å². The Balaban J connectivity index is 1.35. The third-order valence-corrected chi connectivity index (χ3v) is 7.01. The molecular weight excluding hydrogens is 417 g/mol. The van der Waals surface area contributed by atoms with Crippen molar-refractivity contribution in [2.45, 2.75) is 70.2 Å². The molecule has 0 bridgehead atoms. The average Bonchev–Trinajstić information content (AvgIpc) is 3.51. The van der Waals surface area contributed by atoms with Gasteiger partial charge in [-0.25, -0.2) is 4.39 Å². The van der Waals surface area contributed by atoms with Crippen LogP contribution >= 0.6 is 0 Å². The zero-order valence-corrected chi connectivity index (χ0v) is 20.0. The predicted molar refractivity (Wildman–Crippen MR) is 133 cm³/mol. The number of unbranched alkanes of at least 4 members (excludes halogenated alkanes) is 1. The van der Waals surface area contributed by atoms with Gasteiger partial charge in [0.1, 0.15) is 11.6 Å². The van der Waals surface area contributed by atoms with Crippen LogP contribution in [0.15, 0.2) is 42.5 Å². The number of ether oxygens (including phenoxy) is 1. The molecule has 2 fully saturated rings. The topological polar surface area (TPSA) is 48.0 Å². The minimum atomic E-state index is -0.869. The maximum atomic E-state index is 15.1. The number of anilines is 2. The Kier molecular flexibility index (Phi) is 8.10. The molecule has 0 aromatic heterocycles. The van der Waals surface area contributed by atoms with Crippen LogP contribution in [0, 0.1) is 5.82 Å². The minimum absolute atomic E-state index is 0.243. The van der Waals surface area contributed by atoms with E-state index in [1.807, 2.05) is 36.4 Å². The Hall–Kier alpha value is -2.31. The highest BCUT2D eigenvalue weighted by Crippen LogP contribution is 2.31. The van der Waals surface area contributed by atoms with Crippen LogP contribution in [0.3, 0.4) is 0 Å². The van der Waals surface area contributed by atoms with Crippen LogP contribution in [-0.4, -0.2) is 43.9 Å². The van der Waals surface area contributed by atoms with Gasteiger partial charge < -0.3 is 25.0 Å². The van der Waals surface area contributed by atoms with E-state index in [0.29, 0.717) is 30.1 Å². The molecule has 4 rings (SSSR count). The zero-order valence-electron chi connectivity index (χ0n) is 20.0. The van der Waals surface area contributed by atoms with Crippen LogP contribution in [0.25, 0.3) is 0 Å². The largest absolute Gasteiger partial charge is 0.494 e. The van der Waals surface area contributed by atoms with Gasteiger partial charge in [-0.3, -0.25) is 0 Å². The zero-order chi connectivity index (χ0) is 23.2. The number of nitrogens with one attached hydrogen (secondary N) is 1. The molecule has 2 unspecified atom stereocenters. The van der Waals surface area contributed by atoms with Gasteiger partial charge in [-0.15, -0.1) is 0 Å². The van der Waals surface area contributed by atoms with E-state index < -0.39 is 6.23 Å². The summed E-state index contributed by atoms with van der Waals surface area (Å²) in [5.41, 5.74) is 2.03. The van der Waals surface area contributed by atoms with E-state index in [-0.39, 0.29) is 5.82 Å². The molecule has 0 radical (unpaired) electrons. The van der Waals surface area contributed by atoms with E-state index >= 15 is 4.39 Å². The van der Waals surface area contributed by atoms with Gasteiger partial charge in [0.2, 0.25) is 0 Å². The van der Waals surface area contributed by atoms with Crippen LogP contribution in [0.1, 0.15) is 63.7 Å². The highest BCUT2D eigenvalue weighted by atomic mass is 19.1. The number of nitrogens with zero attached hydrogens (tertiary/aromatic N) is 2. The summed E-state index contributed by atoms with van der Waals surface area (Å²) >= 11 is 0. The summed E-state index contributed by atoms with van der Waals surface area (Å²) in [7, 11) is 1.78. The van der Waals surface area contributed by atoms with Crippen LogP contribution in [0.2, 0.25) is 0 Å². The van der Waals surface area contributed by atoms with E-state index in [1.54, 1.807) is 11.9 Å². The highest BCUT2D eigenvalue weighted by molar-refractivity contribution is 5.58. The lowest BCUT2D eigenvalue weighted by Gasteiger charge is -2.27. The second kappa shape index (κ2) is 11.2. The van der Waals surface area contributed by atoms with Gasteiger partial charge in [0.15, 0.2) is 6.23 Å². The number of hydrogen-bond acceptors (Lipinski definition) is 5. The van der Waals surface area contributed by atoms with Gasteiger partial charge in [-0.2, -0.15) is 0 Å². The summed E-state index contributed by atoms with van der Waals surface area (Å²) in [5.74, 6) is 0.552. The molecule has 1 heterocycles. The molecule has 2 aromatic rings. The van der Waals surface area contributed by atoms with Crippen molar-refractivity contribution in [2.24, 2.45) is 0 Å². The molecule has 2 aromatic carbocycles. The second-order valence-corrected chi connectivity index (χ2v) is 9.47. The SMILES string of the molecule is CCCCOc1ccc(C(O)N(C)c2ccc(N3CCC(NC4CCCC4)C3)c(F)c2)cc1. The lowest BCUT2D eigenvalue weighted by Crippen LogP contribution is -2.38. The van der Waals surface area contributed by atoms with Crippen molar-refractivity contribution in [2.75, 3.05) is 36.5 Å². The van der Waals surface area contributed by atoms with Gasteiger partial charge in [-0.1, -0.05) is 38.3 Å². The molecule has 5 nitrogen and oxygen atoms in total. The van der Waals surface area contributed by atoms with Crippen molar-refractivity contribution in [1.82, 2.24) is 5.32 Å². The van der Waals surface area contributed by atoms with Gasteiger partial charge in [0.25, 0.3) is 0 Å². The Morgan fingerprint density at radius 3 is 2.58 bits per heavy atom. The summed E-state index contributed by atoms with van der Waals surface area (Å²) in [6.45, 7) is 4.53. The normalized spacial score (nSPS) is 19.8. The number of halogens is 1. The third-order valence-electron chi connectivity index (χ3n) is 7.01. The first kappa shape index (κ1) is 23.8. The monoisotopic (exact) mass is 455 g/mol. The number of rotatable bonds is 10. The van der Waals surface area contributed by atoms with Crippen molar-refractivity contribution in [3.05, 3.63) is 53.8 Å². The van der Waals surface area contributed by atoms with Crippen molar-refractivity contribution < 1.29 is 14.2 Å². The molecule has 2 N–H and O–H groups in total. The number of hydrogen-bond donors (Lipinski definition) is 2. The number of aliphatic hydroxyl groups excluding tert-OH is 1. The van der Waals surface area contributed by atoms with Crippen LogP contribution in [-0.2, 0) is 0 Å². The molecular formula is C27H38FN3O2. The number of aliphatic hydroxyl groups is 1. The Labute approximate surface area is 197 Å². The standard InChI is InChI=1S/C27H38FN3O2/c1-3-4-17-33-24-12-9-20(10-13-24)27(32)30(2)23-11-14-26(25(28)18-23)31-16-15-22(19-31)29-21-7-5-6-8-21/h9-14,18,21-22,27,29,32H,3-8,15-17,19H2,1-2H3. The maximum absolute atomic E-state index is 15.1. The molecule has 180 valence electrons. The van der Waals surface area contributed by atoms with Crippen molar-refractivity contribution >= 4 is 11.4 Å². The lowest BCUT2D eigenvalue weighted by molar-refractivity contribution is 0.178. The molecule has 1 saturated heterocycles. The first-order chi connectivity index (χ1) is 16.0. The molecule has 1 saturated carbocycles. The fourth-order valence-corrected chi connectivity index (χ4v) is 4.95. The van der Waals surface area contributed by atoms with Gasteiger partial charge >= 0.3 is 0 Å². The molecule has 2 aliphatic rings. The van der Waals surface area contributed by atoms with E-state index in [9.17, 15) is 5.11 Å². The van der Waals surface area contributed by atoms with Crippen molar-refractivity contribution in [1.29, 1.82) is 0 Å². The van der Waals surface area contributed by atoms with Gasteiger partial charge in [0.05, 0.1) is 12.3 Å². The summed E-state index contributed by atoms with van der Waals surface area (Å²) in [6, 6.07) is 13.8. The predicted octanol–water partition coefficient (Wildman–Crippen LogP) is 5.24. The third kappa shape index (κ3) is 5.98. The molecule has 0 spiro atoms. The quantitative estimate of drug-likeness (QED) is 0.379. The van der Waals surface area contributed by atoms with Crippen molar-refractivity contribution in [3.63, 3.8) is 0 Å². The fraction of sp³-hybridized carbons (Fsp3) is 0.556. The first-order valence-corrected chi connectivity index (χ1v) is 12.5. The molecule has 1 aliphatic carbocycles. The highest BCUT2D eigenvalue weighted by Gasteiger charge is 2.27. The summed E-state index contributed by atoms with van der Waals surface area (Å²) in [4.78, 5) is 3.83. The summed E-state index contributed by atoms with van der Waals surface area (Å²) < 4.78 is 20.8. The molecule has 0 amide bonds. The number of benzene rings is 2. The van der Waals surface area contributed by atoms with Gasteiger partial charge in [-0.05, 0) is 56.0 Å². The van der Waals surface area contributed by atoms with Crippen LogP contribution in [0.4, 0.5) is 15.8 Å². The van der Waals surface area contributed by atoms with E-state index in [1.165, 1.54) is 31.7 Å². The average molecular weight is 456 g/mol. The van der Waals surface area contributed by atoms with Crippen LogP contribution in [0.5, 0.6) is 5.75 Å². The molecule has 33 heavy (non-hydrogen) atoms. The summed E-state index contributed by atoms with van der Waals surface area (Å²) in [5, 5.41) is 14.6.